The molecular formula is C27H37NO7. The van der Waals surface area contributed by atoms with E-state index in [1.165, 1.54) is 0 Å². The van der Waals surface area contributed by atoms with Crippen LogP contribution in [0.25, 0.3) is 0 Å². The van der Waals surface area contributed by atoms with Gasteiger partial charge in [0, 0.05) is 18.4 Å². The summed E-state index contributed by atoms with van der Waals surface area (Å²) >= 11 is 0. The van der Waals surface area contributed by atoms with E-state index in [1.54, 1.807) is 45.0 Å². The van der Waals surface area contributed by atoms with E-state index in [9.17, 15) is 19.2 Å². The van der Waals surface area contributed by atoms with Gasteiger partial charge in [-0.3, -0.25) is 14.4 Å². The van der Waals surface area contributed by atoms with Crippen molar-refractivity contribution >= 4 is 35.1 Å². The first-order valence-electron chi connectivity index (χ1n) is 12.6. The molecule has 1 aliphatic heterocycles. The average Bonchev–Trinajstić information content (AvgIpc) is 3.19. The van der Waals surface area contributed by atoms with Crippen molar-refractivity contribution in [1.29, 1.82) is 0 Å². The van der Waals surface area contributed by atoms with Gasteiger partial charge in [-0.2, -0.15) is 0 Å². The van der Waals surface area contributed by atoms with Gasteiger partial charge in [0.1, 0.15) is 11.5 Å². The predicted molar refractivity (Wildman–Crippen MR) is 132 cm³/mol. The maximum atomic E-state index is 13.7. The SMILES string of the molecule is CCCCCCCC(=O)C[C@H](C(=O)OCC)[C@]1(C(=O)OCC)C(C(=O)OCC)=Nc2ccccc21. The molecule has 0 aliphatic carbocycles. The highest BCUT2D eigenvalue weighted by atomic mass is 16.5. The Morgan fingerprint density at radius 2 is 1.51 bits per heavy atom. The van der Waals surface area contributed by atoms with Crippen LogP contribution in [0.4, 0.5) is 5.69 Å². The number of Topliss-reactive ketones (excluding diaryl/α,β-unsaturated/α-hetero) is 1. The van der Waals surface area contributed by atoms with Crippen LogP contribution in [0.1, 0.15) is 78.2 Å². The lowest BCUT2D eigenvalue weighted by Gasteiger charge is -2.34. The Kier molecular flexibility index (Phi) is 11.1. The van der Waals surface area contributed by atoms with Crippen molar-refractivity contribution in [2.45, 2.75) is 78.1 Å². The number of nitrogens with zero attached hydrogens (tertiary/aromatic N) is 1. The van der Waals surface area contributed by atoms with Crippen LogP contribution in [0.2, 0.25) is 0 Å². The van der Waals surface area contributed by atoms with Crippen molar-refractivity contribution in [3.8, 4) is 0 Å². The second-order valence-corrected chi connectivity index (χ2v) is 8.44. The van der Waals surface area contributed by atoms with Crippen LogP contribution >= 0.6 is 0 Å². The van der Waals surface area contributed by atoms with E-state index >= 15 is 0 Å². The highest BCUT2D eigenvalue weighted by molar-refractivity contribution is 6.47. The molecule has 35 heavy (non-hydrogen) atoms. The number of carbonyl (C=O) groups excluding carboxylic acids is 4. The molecule has 1 aromatic carbocycles. The summed E-state index contributed by atoms with van der Waals surface area (Å²) in [5.74, 6) is -3.93. The number of ketones is 1. The Bertz CT molecular complexity index is 939. The molecule has 1 aromatic rings. The number of unbranched alkanes of at least 4 members (excludes halogenated alkanes) is 4. The van der Waals surface area contributed by atoms with E-state index in [0.29, 0.717) is 17.7 Å². The van der Waals surface area contributed by atoms with Crippen molar-refractivity contribution in [2.24, 2.45) is 10.9 Å². The van der Waals surface area contributed by atoms with Gasteiger partial charge in [-0.05, 0) is 33.3 Å². The molecular weight excluding hydrogens is 450 g/mol. The number of para-hydroxylation sites is 1. The minimum Gasteiger partial charge on any atom is -0.466 e. The van der Waals surface area contributed by atoms with Gasteiger partial charge in [0.25, 0.3) is 0 Å². The molecule has 2 atom stereocenters. The van der Waals surface area contributed by atoms with Crippen molar-refractivity contribution in [2.75, 3.05) is 19.8 Å². The van der Waals surface area contributed by atoms with Gasteiger partial charge < -0.3 is 14.2 Å². The topological polar surface area (TPSA) is 108 Å². The number of aliphatic imine (C=N–C) groups is 1. The summed E-state index contributed by atoms with van der Waals surface area (Å²) in [6, 6.07) is 6.68. The third kappa shape index (κ3) is 6.35. The van der Waals surface area contributed by atoms with Gasteiger partial charge in [-0.15, -0.1) is 0 Å². The Balaban J connectivity index is 2.58. The first kappa shape index (κ1) is 28.2. The summed E-state index contributed by atoms with van der Waals surface area (Å²) in [5.41, 5.74) is -1.52. The zero-order valence-electron chi connectivity index (χ0n) is 21.3. The molecule has 0 spiro atoms. The Labute approximate surface area is 207 Å². The van der Waals surface area contributed by atoms with Gasteiger partial charge in [0.2, 0.25) is 0 Å². The molecule has 0 amide bonds. The molecule has 0 fully saturated rings. The number of carbonyl (C=O) groups is 4. The molecule has 8 nitrogen and oxygen atoms in total. The lowest BCUT2D eigenvalue weighted by molar-refractivity contribution is -0.161. The largest absolute Gasteiger partial charge is 0.466 e. The molecule has 0 N–H and O–H groups in total. The van der Waals surface area contributed by atoms with Gasteiger partial charge >= 0.3 is 17.9 Å². The van der Waals surface area contributed by atoms with Gasteiger partial charge in [0.05, 0.1) is 31.4 Å². The number of ether oxygens (including phenoxy) is 3. The number of fused-ring (bicyclic) bond motifs is 1. The maximum Gasteiger partial charge on any atom is 0.354 e. The number of esters is 3. The number of hydrogen-bond acceptors (Lipinski definition) is 8. The Morgan fingerprint density at radius 1 is 0.857 bits per heavy atom. The normalized spacial score (nSPS) is 17.2. The third-order valence-corrected chi connectivity index (χ3v) is 6.09. The first-order valence-corrected chi connectivity index (χ1v) is 12.6. The molecule has 0 aromatic heterocycles. The molecule has 0 radical (unpaired) electrons. The summed E-state index contributed by atoms with van der Waals surface area (Å²) in [7, 11) is 0. The van der Waals surface area contributed by atoms with Crippen LogP contribution in [0.5, 0.6) is 0 Å². The van der Waals surface area contributed by atoms with Crippen LogP contribution in [-0.2, 0) is 38.8 Å². The van der Waals surface area contributed by atoms with E-state index in [1.807, 2.05) is 0 Å². The third-order valence-electron chi connectivity index (χ3n) is 6.09. The lowest BCUT2D eigenvalue weighted by atomic mass is 9.65. The Hall–Kier alpha value is -3.03. The first-order chi connectivity index (χ1) is 16.9. The molecule has 2 rings (SSSR count). The van der Waals surface area contributed by atoms with Crippen molar-refractivity contribution in [1.82, 2.24) is 0 Å². The van der Waals surface area contributed by atoms with Crippen molar-refractivity contribution in [3.05, 3.63) is 29.8 Å². The summed E-state index contributed by atoms with van der Waals surface area (Å²) in [6.07, 6.45) is 4.81. The fourth-order valence-corrected chi connectivity index (χ4v) is 4.50. The van der Waals surface area contributed by atoms with Crippen LogP contribution in [0.15, 0.2) is 29.3 Å². The summed E-state index contributed by atoms with van der Waals surface area (Å²) < 4.78 is 16.0. The van der Waals surface area contributed by atoms with Crippen LogP contribution in [-0.4, -0.2) is 49.2 Å². The van der Waals surface area contributed by atoms with E-state index in [-0.39, 0.29) is 44.2 Å². The fraction of sp³-hybridized carbons (Fsp3) is 0.593. The molecule has 1 heterocycles. The fourth-order valence-electron chi connectivity index (χ4n) is 4.50. The molecule has 0 unspecified atom stereocenters. The number of rotatable bonds is 15. The molecule has 0 saturated heterocycles. The Morgan fingerprint density at radius 3 is 2.17 bits per heavy atom. The smallest absolute Gasteiger partial charge is 0.354 e. The van der Waals surface area contributed by atoms with E-state index in [4.69, 9.17) is 14.2 Å². The van der Waals surface area contributed by atoms with Crippen molar-refractivity contribution in [3.63, 3.8) is 0 Å². The van der Waals surface area contributed by atoms with E-state index in [2.05, 4.69) is 11.9 Å². The zero-order valence-corrected chi connectivity index (χ0v) is 21.3. The molecule has 0 bridgehead atoms. The summed E-state index contributed by atoms with van der Waals surface area (Å²) in [4.78, 5) is 57.6. The summed E-state index contributed by atoms with van der Waals surface area (Å²) in [5, 5.41) is 0. The minimum absolute atomic E-state index is 0.0137. The van der Waals surface area contributed by atoms with Crippen LogP contribution in [0.3, 0.4) is 0 Å². The molecule has 8 heteroatoms. The van der Waals surface area contributed by atoms with Gasteiger partial charge in [-0.1, -0.05) is 50.8 Å². The second kappa shape index (κ2) is 13.8. The standard InChI is InChI=1S/C27H37NO7/c1-5-9-10-11-12-15-19(29)18-21(24(30)33-6-2)27(26(32)35-8-4)20-16-13-14-17-22(20)28-23(27)25(31)34-7-3/h13-14,16-17,21H,5-12,15,18H2,1-4H3/t21-,27+/m1/s1. The van der Waals surface area contributed by atoms with E-state index < -0.39 is 29.2 Å². The lowest BCUT2D eigenvalue weighted by Crippen LogP contribution is -2.55. The molecule has 1 aliphatic rings. The van der Waals surface area contributed by atoms with E-state index in [0.717, 1.165) is 25.7 Å². The summed E-state index contributed by atoms with van der Waals surface area (Å²) in [6.45, 7) is 7.14. The molecule has 192 valence electrons. The quantitative estimate of drug-likeness (QED) is 0.201. The second-order valence-electron chi connectivity index (χ2n) is 8.44. The highest BCUT2D eigenvalue weighted by Crippen LogP contribution is 2.48. The molecule has 0 saturated carbocycles. The number of benzene rings is 1. The average molecular weight is 488 g/mol. The maximum absolute atomic E-state index is 13.7. The van der Waals surface area contributed by atoms with Crippen molar-refractivity contribution < 1.29 is 33.4 Å². The monoisotopic (exact) mass is 487 g/mol. The number of hydrogen-bond donors (Lipinski definition) is 0. The minimum atomic E-state index is -1.94. The van der Waals surface area contributed by atoms with Gasteiger partial charge in [0.15, 0.2) is 5.41 Å². The van der Waals surface area contributed by atoms with Crippen LogP contribution < -0.4 is 0 Å². The highest BCUT2D eigenvalue weighted by Gasteiger charge is 2.62. The van der Waals surface area contributed by atoms with Crippen LogP contribution in [0, 0.1) is 5.92 Å². The predicted octanol–water partition coefficient (Wildman–Crippen LogP) is 4.64. The van der Waals surface area contributed by atoms with Gasteiger partial charge in [-0.25, -0.2) is 9.79 Å². The zero-order chi connectivity index (χ0) is 25.8.